The van der Waals surface area contributed by atoms with Crippen LogP contribution in [0.2, 0.25) is 0 Å². The quantitative estimate of drug-likeness (QED) is 0.823. The molecule has 98 valence electrons. The maximum atomic E-state index is 11.6. The van der Waals surface area contributed by atoms with Gasteiger partial charge in [0, 0.05) is 19.8 Å². The van der Waals surface area contributed by atoms with E-state index in [2.05, 4.69) is 24.3 Å². The van der Waals surface area contributed by atoms with Crippen LogP contribution >= 0.6 is 0 Å². The van der Waals surface area contributed by atoms with E-state index in [9.17, 15) is 8.42 Å². The van der Waals surface area contributed by atoms with Crippen molar-refractivity contribution in [3.63, 3.8) is 0 Å². The van der Waals surface area contributed by atoms with E-state index in [4.69, 9.17) is 5.73 Å². The smallest absolute Gasteiger partial charge is 0.182 e. The number of hydrogen-bond acceptors (Lipinski definition) is 5. The zero-order valence-electron chi connectivity index (χ0n) is 10.7. The lowest BCUT2D eigenvalue weighted by Crippen LogP contribution is -2.08. The first-order chi connectivity index (χ1) is 7.77. The van der Waals surface area contributed by atoms with Crippen LogP contribution < -0.4 is 11.1 Å². The number of aromatic nitrogens is 2. The van der Waals surface area contributed by atoms with Crippen molar-refractivity contribution >= 4 is 21.5 Å². The Morgan fingerprint density at radius 1 is 1.47 bits per heavy atom. The zero-order valence-corrected chi connectivity index (χ0v) is 11.5. The zero-order chi connectivity index (χ0) is 13.2. The van der Waals surface area contributed by atoms with Gasteiger partial charge in [-0.05, 0) is 12.3 Å². The number of anilines is 2. The van der Waals surface area contributed by atoms with E-state index in [0.717, 1.165) is 12.7 Å². The molecule has 6 nitrogen and oxygen atoms in total. The monoisotopic (exact) mass is 260 g/mol. The molecule has 3 N–H and O–H groups in total. The molecule has 0 radical (unpaired) electrons. The summed E-state index contributed by atoms with van der Waals surface area (Å²) in [4.78, 5) is 0.0868. The van der Waals surface area contributed by atoms with Crippen LogP contribution in [0.1, 0.15) is 20.3 Å². The maximum Gasteiger partial charge on any atom is 0.182 e. The highest BCUT2D eigenvalue weighted by atomic mass is 32.2. The van der Waals surface area contributed by atoms with Gasteiger partial charge in [0.25, 0.3) is 0 Å². The van der Waals surface area contributed by atoms with E-state index in [1.807, 2.05) is 0 Å². The molecule has 0 amide bonds. The van der Waals surface area contributed by atoms with Gasteiger partial charge in [0.1, 0.15) is 5.82 Å². The minimum absolute atomic E-state index is 0.0868. The molecule has 0 aromatic carbocycles. The van der Waals surface area contributed by atoms with Crippen LogP contribution in [-0.2, 0) is 16.4 Å². The second kappa shape index (κ2) is 4.95. The Bertz CT molecular complexity index is 491. The Morgan fingerprint density at radius 3 is 2.41 bits per heavy atom. The van der Waals surface area contributed by atoms with Gasteiger partial charge in [-0.2, -0.15) is 5.10 Å². The second-order valence-electron chi connectivity index (χ2n) is 4.49. The van der Waals surface area contributed by atoms with Crippen molar-refractivity contribution in [3.8, 4) is 0 Å². The maximum absolute atomic E-state index is 11.6. The first kappa shape index (κ1) is 13.8. The first-order valence-corrected chi connectivity index (χ1v) is 7.40. The van der Waals surface area contributed by atoms with E-state index in [1.165, 1.54) is 0 Å². The summed E-state index contributed by atoms with van der Waals surface area (Å²) in [6.45, 7) is 4.81. The van der Waals surface area contributed by atoms with Crippen LogP contribution in [0.5, 0.6) is 0 Å². The van der Waals surface area contributed by atoms with Gasteiger partial charge in [0.2, 0.25) is 0 Å². The summed E-state index contributed by atoms with van der Waals surface area (Å²) in [6.07, 6.45) is 2.03. The molecular formula is C10H20N4O2S. The van der Waals surface area contributed by atoms with Gasteiger partial charge in [-0.15, -0.1) is 0 Å². The van der Waals surface area contributed by atoms with E-state index >= 15 is 0 Å². The number of aryl methyl sites for hydroxylation is 1. The molecule has 0 atom stereocenters. The number of hydrogen-bond donors (Lipinski definition) is 2. The van der Waals surface area contributed by atoms with Crippen molar-refractivity contribution in [2.45, 2.75) is 31.7 Å². The molecule has 0 aliphatic carbocycles. The predicted molar refractivity (Wildman–Crippen MR) is 68.8 cm³/mol. The number of nitrogen functional groups attached to an aromatic ring is 1. The molecule has 0 saturated heterocycles. The number of nitrogens with one attached hydrogen (secondary N) is 1. The van der Waals surface area contributed by atoms with Crippen molar-refractivity contribution in [2.24, 2.45) is 5.92 Å². The summed E-state index contributed by atoms with van der Waals surface area (Å²) in [5.41, 5.74) is 5.83. The fourth-order valence-electron chi connectivity index (χ4n) is 1.54. The summed E-state index contributed by atoms with van der Waals surface area (Å²) in [7, 11) is -1.74. The molecule has 1 aromatic heterocycles. The second-order valence-corrected chi connectivity index (χ2v) is 6.44. The minimum atomic E-state index is -3.36. The molecule has 0 bridgehead atoms. The Morgan fingerprint density at radius 2 is 2.06 bits per heavy atom. The van der Waals surface area contributed by atoms with Gasteiger partial charge in [-0.3, -0.25) is 0 Å². The van der Waals surface area contributed by atoms with Crippen molar-refractivity contribution in [1.29, 1.82) is 0 Å². The molecule has 1 rings (SSSR count). The van der Waals surface area contributed by atoms with Crippen LogP contribution in [0.15, 0.2) is 4.90 Å². The van der Waals surface area contributed by atoms with Crippen molar-refractivity contribution in [3.05, 3.63) is 0 Å². The van der Waals surface area contributed by atoms with Crippen LogP contribution in [0, 0.1) is 5.92 Å². The van der Waals surface area contributed by atoms with Gasteiger partial charge < -0.3 is 11.1 Å². The number of nitrogens with two attached hydrogens (primary N) is 1. The van der Waals surface area contributed by atoms with Gasteiger partial charge in [-0.1, -0.05) is 13.8 Å². The molecule has 0 aliphatic rings. The Hall–Kier alpha value is -1.24. The molecule has 0 unspecified atom stereocenters. The summed E-state index contributed by atoms with van der Waals surface area (Å²) >= 11 is 0. The average Bonchev–Trinajstić information content (AvgIpc) is 2.51. The summed E-state index contributed by atoms with van der Waals surface area (Å²) in [5.74, 6) is 1.03. The Labute approximate surface area is 102 Å². The Balaban J connectivity index is 3.15. The number of rotatable bonds is 5. The number of sulfone groups is 1. The van der Waals surface area contributed by atoms with Crippen molar-refractivity contribution in [1.82, 2.24) is 9.78 Å². The lowest BCUT2D eigenvalue weighted by Gasteiger charge is -2.06. The molecule has 0 fully saturated rings. The van der Waals surface area contributed by atoms with Gasteiger partial charge in [0.05, 0.1) is 0 Å². The third-order valence-electron chi connectivity index (χ3n) is 2.47. The highest BCUT2D eigenvalue weighted by Gasteiger charge is 2.23. The van der Waals surface area contributed by atoms with Crippen LogP contribution in [0.4, 0.5) is 11.6 Å². The van der Waals surface area contributed by atoms with E-state index in [1.54, 1.807) is 11.7 Å². The SMILES string of the molecule is CNc1nn(CCC(C)C)c(N)c1S(C)(=O)=O. The third-order valence-corrected chi connectivity index (χ3v) is 3.62. The van der Waals surface area contributed by atoms with Crippen LogP contribution in [0.3, 0.4) is 0 Å². The molecule has 0 saturated carbocycles. The summed E-state index contributed by atoms with van der Waals surface area (Å²) < 4.78 is 24.8. The standard InChI is InChI=1S/C10H20N4O2S/c1-7(2)5-6-14-9(11)8(17(4,15)16)10(12-3)13-14/h7H,5-6,11H2,1-4H3,(H,12,13). The molecule has 0 aliphatic heterocycles. The van der Waals surface area contributed by atoms with Gasteiger partial charge in [-0.25, -0.2) is 13.1 Å². The highest BCUT2D eigenvalue weighted by Crippen LogP contribution is 2.27. The van der Waals surface area contributed by atoms with Crippen molar-refractivity contribution < 1.29 is 8.42 Å². The van der Waals surface area contributed by atoms with Crippen molar-refractivity contribution in [2.75, 3.05) is 24.4 Å². The highest BCUT2D eigenvalue weighted by molar-refractivity contribution is 7.91. The fraction of sp³-hybridized carbons (Fsp3) is 0.700. The molecule has 1 heterocycles. The topological polar surface area (TPSA) is 90.0 Å². The molecular weight excluding hydrogens is 240 g/mol. The summed E-state index contributed by atoms with van der Waals surface area (Å²) in [5, 5.41) is 6.93. The first-order valence-electron chi connectivity index (χ1n) is 5.51. The molecule has 1 aromatic rings. The lowest BCUT2D eigenvalue weighted by molar-refractivity contribution is 0.492. The molecule has 0 spiro atoms. The van der Waals surface area contributed by atoms with Crippen LogP contribution in [0.25, 0.3) is 0 Å². The molecule has 7 heteroatoms. The normalized spacial score (nSPS) is 12.1. The largest absolute Gasteiger partial charge is 0.383 e. The van der Waals surface area contributed by atoms with Gasteiger partial charge in [0.15, 0.2) is 20.6 Å². The van der Waals surface area contributed by atoms with Gasteiger partial charge >= 0.3 is 0 Å². The minimum Gasteiger partial charge on any atom is -0.383 e. The van der Waals surface area contributed by atoms with E-state index < -0.39 is 9.84 Å². The third kappa shape index (κ3) is 3.12. The van der Waals surface area contributed by atoms with E-state index in [-0.39, 0.29) is 10.7 Å². The van der Waals surface area contributed by atoms with Crippen LogP contribution in [-0.4, -0.2) is 31.5 Å². The predicted octanol–water partition coefficient (Wildman–Crippen LogP) is 0.957. The summed E-state index contributed by atoms with van der Waals surface area (Å²) in [6, 6.07) is 0. The fourth-order valence-corrected chi connectivity index (χ4v) is 2.52. The lowest BCUT2D eigenvalue weighted by atomic mass is 10.1. The average molecular weight is 260 g/mol. The van der Waals surface area contributed by atoms with E-state index in [0.29, 0.717) is 18.3 Å². The number of nitrogens with zero attached hydrogens (tertiary/aromatic N) is 2. The Kier molecular flexibility index (Phi) is 4.03. The molecule has 17 heavy (non-hydrogen) atoms.